The standard InChI is InChI=1S/C11H11F3O3/c1-3-9(15)8-5-4-7(16-2)6-10(8)17-11(12,13)14/h3-6,9,15H,1H2,2H3. The summed E-state index contributed by atoms with van der Waals surface area (Å²) in [6.07, 6.45) is -4.97. The van der Waals surface area contributed by atoms with E-state index in [2.05, 4.69) is 11.3 Å². The lowest BCUT2D eigenvalue weighted by atomic mass is 10.1. The molecule has 17 heavy (non-hydrogen) atoms. The summed E-state index contributed by atoms with van der Waals surface area (Å²) in [6, 6.07) is 3.76. The van der Waals surface area contributed by atoms with Gasteiger partial charge in [0.1, 0.15) is 17.6 Å². The van der Waals surface area contributed by atoms with E-state index in [-0.39, 0.29) is 11.3 Å². The van der Waals surface area contributed by atoms with Gasteiger partial charge in [-0.2, -0.15) is 0 Å². The van der Waals surface area contributed by atoms with Crippen molar-refractivity contribution in [1.29, 1.82) is 0 Å². The summed E-state index contributed by atoms with van der Waals surface area (Å²) in [5.41, 5.74) is -0.0295. The van der Waals surface area contributed by atoms with E-state index in [0.717, 1.165) is 12.1 Å². The fourth-order valence-corrected chi connectivity index (χ4v) is 1.23. The van der Waals surface area contributed by atoms with Crippen LogP contribution in [0.5, 0.6) is 11.5 Å². The van der Waals surface area contributed by atoms with E-state index in [9.17, 15) is 18.3 Å². The van der Waals surface area contributed by atoms with Crippen LogP contribution in [0.25, 0.3) is 0 Å². The van der Waals surface area contributed by atoms with Crippen molar-refractivity contribution >= 4 is 0 Å². The highest BCUT2D eigenvalue weighted by Gasteiger charge is 2.32. The normalized spacial score (nSPS) is 13.0. The number of rotatable bonds is 4. The summed E-state index contributed by atoms with van der Waals surface area (Å²) >= 11 is 0. The monoisotopic (exact) mass is 248 g/mol. The van der Waals surface area contributed by atoms with Crippen LogP contribution in [0.3, 0.4) is 0 Å². The maximum absolute atomic E-state index is 12.2. The van der Waals surface area contributed by atoms with Gasteiger partial charge in [-0.1, -0.05) is 6.08 Å². The number of benzene rings is 1. The minimum atomic E-state index is -4.83. The van der Waals surface area contributed by atoms with E-state index in [1.54, 1.807) is 0 Å². The van der Waals surface area contributed by atoms with E-state index in [1.165, 1.54) is 19.2 Å². The second-order valence-corrected chi connectivity index (χ2v) is 3.13. The molecule has 3 nitrogen and oxygen atoms in total. The second-order valence-electron chi connectivity index (χ2n) is 3.13. The van der Waals surface area contributed by atoms with E-state index in [1.807, 2.05) is 0 Å². The molecule has 0 amide bonds. The van der Waals surface area contributed by atoms with Crippen LogP contribution in [0, 0.1) is 0 Å². The van der Waals surface area contributed by atoms with Crippen molar-refractivity contribution in [1.82, 2.24) is 0 Å². The van der Waals surface area contributed by atoms with Gasteiger partial charge in [-0.3, -0.25) is 0 Å². The third-order valence-corrected chi connectivity index (χ3v) is 1.99. The predicted octanol–water partition coefficient (Wildman–Crippen LogP) is 2.81. The Balaban J connectivity index is 3.16. The average molecular weight is 248 g/mol. The fourth-order valence-electron chi connectivity index (χ4n) is 1.23. The summed E-state index contributed by atoms with van der Waals surface area (Å²) < 4.78 is 45.1. The molecule has 6 heteroatoms. The van der Waals surface area contributed by atoms with Gasteiger partial charge in [0.15, 0.2) is 0 Å². The number of hydrogen-bond acceptors (Lipinski definition) is 3. The van der Waals surface area contributed by atoms with Crippen molar-refractivity contribution in [3.05, 3.63) is 36.4 Å². The molecule has 1 unspecified atom stereocenters. The molecule has 0 saturated carbocycles. The largest absolute Gasteiger partial charge is 0.573 e. The Labute approximate surface area is 96.1 Å². The van der Waals surface area contributed by atoms with Gasteiger partial charge in [0.2, 0.25) is 0 Å². The Hall–Kier alpha value is -1.69. The summed E-state index contributed by atoms with van der Waals surface area (Å²) in [7, 11) is 1.32. The zero-order chi connectivity index (χ0) is 13.1. The molecule has 0 aliphatic rings. The van der Waals surface area contributed by atoms with Crippen LogP contribution >= 0.6 is 0 Å². The molecule has 0 radical (unpaired) electrons. The van der Waals surface area contributed by atoms with Gasteiger partial charge in [0.05, 0.1) is 7.11 Å². The van der Waals surface area contributed by atoms with Crippen molar-refractivity contribution in [3.63, 3.8) is 0 Å². The lowest BCUT2D eigenvalue weighted by Crippen LogP contribution is -2.18. The first-order valence-corrected chi connectivity index (χ1v) is 4.61. The number of ether oxygens (including phenoxy) is 2. The summed E-state index contributed by atoms with van der Waals surface area (Å²) in [5, 5.41) is 9.46. The lowest BCUT2D eigenvalue weighted by molar-refractivity contribution is -0.275. The predicted molar refractivity (Wildman–Crippen MR) is 54.8 cm³/mol. The van der Waals surface area contributed by atoms with Crippen molar-refractivity contribution < 1.29 is 27.8 Å². The Morgan fingerprint density at radius 3 is 2.53 bits per heavy atom. The zero-order valence-corrected chi connectivity index (χ0v) is 8.99. The smallest absolute Gasteiger partial charge is 0.497 e. The highest BCUT2D eigenvalue weighted by molar-refractivity contribution is 5.43. The molecule has 0 fully saturated rings. The van der Waals surface area contributed by atoms with Crippen molar-refractivity contribution in [2.24, 2.45) is 0 Å². The molecule has 0 spiro atoms. The first-order chi connectivity index (χ1) is 7.87. The second kappa shape index (κ2) is 5.09. The van der Waals surface area contributed by atoms with Crippen LogP contribution in [0.15, 0.2) is 30.9 Å². The molecule has 0 aromatic heterocycles. The molecule has 1 aromatic carbocycles. The highest BCUT2D eigenvalue weighted by Crippen LogP contribution is 2.33. The molecule has 1 rings (SSSR count). The molecular weight excluding hydrogens is 237 g/mol. The molecular formula is C11H11F3O3. The third-order valence-electron chi connectivity index (χ3n) is 1.99. The van der Waals surface area contributed by atoms with Crippen molar-refractivity contribution in [2.75, 3.05) is 7.11 Å². The molecule has 1 aromatic rings. The van der Waals surface area contributed by atoms with Crippen LogP contribution in [-0.4, -0.2) is 18.6 Å². The summed E-state index contributed by atoms with van der Waals surface area (Å²) in [4.78, 5) is 0. The van der Waals surface area contributed by atoms with Crippen molar-refractivity contribution in [2.45, 2.75) is 12.5 Å². The van der Waals surface area contributed by atoms with E-state index in [0.29, 0.717) is 0 Å². The molecule has 0 bridgehead atoms. The van der Waals surface area contributed by atoms with E-state index < -0.39 is 18.2 Å². The van der Waals surface area contributed by atoms with Gasteiger partial charge in [-0.25, -0.2) is 0 Å². The highest BCUT2D eigenvalue weighted by atomic mass is 19.4. The van der Waals surface area contributed by atoms with Gasteiger partial charge >= 0.3 is 6.36 Å². The van der Waals surface area contributed by atoms with Crippen LogP contribution in [0.1, 0.15) is 11.7 Å². The summed E-state index contributed by atoms with van der Waals surface area (Å²) in [5.74, 6) is -0.312. The maximum Gasteiger partial charge on any atom is 0.573 e. The fraction of sp³-hybridized carbons (Fsp3) is 0.273. The van der Waals surface area contributed by atoms with Gasteiger partial charge in [0.25, 0.3) is 0 Å². The Bertz CT molecular complexity index is 401. The van der Waals surface area contributed by atoms with Crippen LogP contribution in [-0.2, 0) is 0 Å². The SMILES string of the molecule is C=CC(O)c1ccc(OC)cc1OC(F)(F)F. The number of hydrogen-bond donors (Lipinski definition) is 1. The van der Waals surface area contributed by atoms with Crippen molar-refractivity contribution in [3.8, 4) is 11.5 Å². The first-order valence-electron chi connectivity index (χ1n) is 4.61. The molecule has 1 N–H and O–H groups in total. The molecule has 1 atom stereocenters. The van der Waals surface area contributed by atoms with Gasteiger partial charge in [0, 0.05) is 11.6 Å². The number of aliphatic hydroxyl groups is 1. The Morgan fingerprint density at radius 2 is 2.06 bits per heavy atom. The molecule has 0 saturated heterocycles. The van der Waals surface area contributed by atoms with Gasteiger partial charge < -0.3 is 14.6 Å². The molecule has 0 heterocycles. The first kappa shape index (κ1) is 13.4. The zero-order valence-electron chi connectivity index (χ0n) is 8.99. The van der Waals surface area contributed by atoms with Crippen LogP contribution in [0.4, 0.5) is 13.2 Å². The minimum Gasteiger partial charge on any atom is -0.497 e. The van der Waals surface area contributed by atoms with Crippen LogP contribution in [0.2, 0.25) is 0 Å². The molecule has 94 valence electrons. The van der Waals surface area contributed by atoms with Crippen LogP contribution < -0.4 is 9.47 Å². The van der Waals surface area contributed by atoms with E-state index in [4.69, 9.17) is 4.74 Å². The lowest BCUT2D eigenvalue weighted by Gasteiger charge is -2.16. The average Bonchev–Trinajstić information content (AvgIpc) is 2.25. The molecule has 0 aliphatic carbocycles. The minimum absolute atomic E-state index is 0.0295. The third kappa shape index (κ3) is 3.67. The Morgan fingerprint density at radius 1 is 1.41 bits per heavy atom. The maximum atomic E-state index is 12.2. The number of aliphatic hydroxyl groups excluding tert-OH is 1. The van der Waals surface area contributed by atoms with E-state index >= 15 is 0 Å². The number of halogens is 3. The summed E-state index contributed by atoms with van der Waals surface area (Å²) in [6.45, 7) is 3.30. The molecule has 0 aliphatic heterocycles. The Kier molecular flexibility index (Phi) is 4.01. The number of methoxy groups -OCH3 is 1. The topological polar surface area (TPSA) is 38.7 Å². The number of alkyl halides is 3. The van der Waals surface area contributed by atoms with Gasteiger partial charge in [-0.15, -0.1) is 19.8 Å². The van der Waals surface area contributed by atoms with Gasteiger partial charge in [-0.05, 0) is 12.1 Å². The quantitative estimate of drug-likeness (QED) is 0.833.